The molecule has 0 saturated carbocycles. The van der Waals surface area contributed by atoms with Crippen molar-refractivity contribution in [3.05, 3.63) is 204 Å². The maximum Gasteiger partial charge on any atom is 0.255 e. The molecule has 4 N–H and O–H groups in total. The van der Waals surface area contributed by atoms with Crippen molar-refractivity contribution in [2.45, 2.75) is 23.6 Å². The number of benzene rings is 5. The number of aromatic nitrogens is 2. The van der Waals surface area contributed by atoms with Gasteiger partial charge in [0.1, 0.15) is 45.7 Å². The van der Waals surface area contributed by atoms with Crippen molar-refractivity contribution in [1.82, 2.24) is 0 Å². The normalized spacial score (nSPS) is 10.8. The van der Waals surface area contributed by atoms with Crippen LogP contribution in [0, 0.1) is 13.8 Å². The van der Waals surface area contributed by atoms with Crippen molar-refractivity contribution < 1.29 is 54.3 Å². The van der Waals surface area contributed by atoms with Gasteiger partial charge in [0.05, 0.1) is 9.79 Å². The maximum atomic E-state index is 12.8. The van der Waals surface area contributed by atoms with E-state index in [4.69, 9.17) is 0 Å². The lowest BCUT2D eigenvalue weighted by Crippen LogP contribution is -2.27. The molecule has 5 aromatic carbocycles. The average Bonchev–Trinajstić information content (AvgIpc) is 3.27. The van der Waals surface area contributed by atoms with Crippen molar-refractivity contribution in [3.63, 3.8) is 0 Å². The van der Waals surface area contributed by atoms with Gasteiger partial charge in [0.25, 0.3) is 23.6 Å². The first-order chi connectivity index (χ1) is 31.2. The number of hydrogen-bond acceptors (Lipinski definition) is 10. The average molecular weight is 929 g/mol. The topological polar surface area (TPSA) is 239 Å². The molecule has 0 aliphatic rings. The first-order valence-electron chi connectivity index (χ1n) is 19.7. The van der Waals surface area contributed by atoms with E-state index in [0.29, 0.717) is 45.0 Å². The lowest BCUT2D eigenvalue weighted by atomic mass is 10.1. The molecular formula is C48H44N6O10S2. The molecule has 0 unspecified atom stereocenters. The summed E-state index contributed by atoms with van der Waals surface area (Å²) >= 11 is 0. The lowest BCUT2D eigenvalue weighted by Gasteiger charge is -2.09. The second kappa shape index (κ2) is 22.1. The van der Waals surface area contributed by atoms with Gasteiger partial charge >= 0.3 is 0 Å². The summed E-state index contributed by atoms with van der Waals surface area (Å²) in [5, 5.41) is 11.3. The van der Waals surface area contributed by atoms with Crippen LogP contribution < -0.4 is 30.4 Å². The van der Waals surface area contributed by atoms with E-state index in [1.54, 1.807) is 122 Å². The fourth-order valence-electron chi connectivity index (χ4n) is 5.73. The van der Waals surface area contributed by atoms with Gasteiger partial charge < -0.3 is 30.4 Å². The minimum Gasteiger partial charge on any atom is -0.744 e. The Morgan fingerprint density at radius 2 is 0.652 bits per heavy atom. The number of aryl methyl sites for hydroxylation is 4. The van der Waals surface area contributed by atoms with Gasteiger partial charge in [-0.3, -0.25) is 19.2 Å². The summed E-state index contributed by atoms with van der Waals surface area (Å²) in [6.07, 6.45) is 7.33. The van der Waals surface area contributed by atoms with Gasteiger partial charge in [0.2, 0.25) is 0 Å². The van der Waals surface area contributed by atoms with E-state index in [0.717, 1.165) is 11.1 Å². The molecule has 16 nitrogen and oxygen atoms in total. The van der Waals surface area contributed by atoms with Crippen LogP contribution in [0.5, 0.6) is 0 Å². The van der Waals surface area contributed by atoms with Crippen LogP contribution in [-0.2, 0) is 34.3 Å². The number of hydrogen-bond donors (Lipinski definition) is 4. The fraction of sp³-hybridized carbons (Fsp3) is 0.0833. The summed E-state index contributed by atoms with van der Waals surface area (Å²) in [5.74, 6) is -1.24. The number of pyridine rings is 2. The SMILES string of the molecule is C[n+]1cccc(NC(=O)c2ccc(NC(=O)c3ccc(C(=O)Nc4ccc(C(=O)Nc5ccc[n+](C)c5)cc4)cc3)cc2)c1.Cc1ccc(S(=O)(=O)[O-])cc1.Cc1ccc(S(=O)(=O)[O-])cc1. The Bertz CT molecular complexity index is 2850. The highest BCUT2D eigenvalue weighted by Gasteiger charge is 2.13. The smallest absolute Gasteiger partial charge is 0.255 e. The molecule has 4 amide bonds. The number of anilines is 4. The molecule has 2 heterocycles. The summed E-state index contributed by atoms with van der Waals surface area (Å²) in [7, 11) is -4.80. The zero-order valence-corrected chi connectivity index (χ0v) is 37.6. The molecule has 0 aliphatic heterocycles. The van der Waals surface area contributed by atoms with Gasteiger partial charge in [-0.25, -0.2) is 26.0 Å². The predicted octanol–water partition coefficient (Wildman–Crippen LogP) is 6.14. The summed E-state index contributed by atoms with van der Waals surface area (Å²) in [5.41, 5.74) is 5.87. The number of carbonyl (C=O) groups is 4. The minimum atomic E-state index is -4.27. The van der Waals surface area contributed by atoms with E-state index < -0.39 is 20.2 Å². The van der Waals surface area contributed by atoms with Crippen molar-refractivity contribution in [1.29, 1.82) is 0 Å². The Morgan fingerprint density at radius 1 is 0.394 bits per heavy atom. The Kier molecular flexibility index (Phi) is 16.5. The third kappa shape index (κ3) is 15.1. The molecule has 7 aromatic rings. The minimum absolute atomic E-state index is 0.178. The van der Waals surface area contributed by atoms with Crippen LogP contribution >= 0.6 is 0 Å². The highest BCUT2D eigenvalue weighted by atomic mass is 32.2. The molecule has 338 valence electrons. The molecule has 18 heteroatoms. The highest BCUT2D eigenvalue weighted by Crippen LogP contribution is 2.17. The maximum absolute atomic E-state index is 12.8. The largest absolute Gasteiger partial charge is 0.744 e. The summed E-state index contributed by atoms with van der Waals surface area (Å²) in [6.45, 7) is 3.64. The molecule has 0 fully saturated rings. The predicted molar refractivity (Wildman–Crippen MR) is 245 cm³/mol. The number of nitrogens with zero attached hydrogens (tertiary/aromatic N) is 2. The van der Waals surface area contributed by atoms with E-state index in [2.05, 4.69) is 21.3 Å². The molecule has 7 rings (SSSR count). The van der Waals surface area contributed by atoms with Gasteiger partial charge in [-0.15, -0.1) is 0 Å². The van der Waals surface area contributed by atoms with Crippen LogP contribution in [-0.4, -0.2) is 49.6 Å². The molecule has 0 saturated heterocycles. The Hall–Kier alpha value is -7.90. The number of nitrogens with one attached hydrogen (secondary N) is 4. The molecule has 2 aromatic heterocycles. The van der Waals surface area contributed by atoms with Crippen LogP contribution in [0.2, 0.25) is 0 Å². The first kappa shape index (κ1) is 49.1. The quantitative estimate of drug-likeness (QED) is 0.0902. The Morgan fingerprint density at radius 3 is 0.909 bits per heavy atom. The van der Waals surface area contributed by atoms with Crippen molar-refractivity contribution >= 4 is 66.6 Å². The zero-order valence-electron chi connectivity index (χ0n) is 36.0. The second-order valence-corrected chi connectivity index (χ2v) is 17.4. The summed E-state index contributed by atoms with van der Waals surface area (Å²) < 4.78 is 66.0. The lowest BCUT2D eigenvalue weighted by molar-refractivity contribution is -0.670. The monoisotopic (exact) mass is 928 g/mol. The van der Waals surface area contributed by atoms with E-state index >= 15 is 0 Å². The number of rotatable bonds is 10. The summed E-state index contributed by atoms with van der Waals surface area (Å²) in [4.78, 5) is 50.3. The molecular weight excluding hydrogens is 885 g/mol. The Balaban J connectivity index is 0.000000301. The third-order valence-corrected chi connectivity index (χ3v) is 10.9. The van der Waals surface area contributed by atoms with E-state index in [9.17, 15) is 45.1 Å². The second-order valence-electron chi connectivity index (χ2n) is 14.6. The van der Waals surface area contributed by atoms with Crippen molar-refractivity contribution in [2.75, 3.05) is 21.3 Å². The number of amides is 4. The molecule has 0 atom stereocenters. The standard InChI is InChI=1S/C34H28N6O4.2C7H8O3S/c1-39-19-3-5-29(21-39)37-33(43)25-11-15-27(16-12-25)35-31(41)23-7-9-24(10-8-23)32(42)36-28-17-13-26(14-18-28)34(44)38-30-6-4-20-40(2)22-30;2*1-6-2-4-7(5-3-6)11(8,9)10/h3-22H,1-2H3,(H2-2,35,36,37,38,41,42,43,44);2*2-5H,1H3,(H,8,9,10). The van der Waals surface area contributed by atoms with Crippen LogP contribution in [0.25, 0.3) is 0 Å². The van der Waals surface area contributed by atoms with Gasteiger partial charge in [-0.2, -0.15) is 0 Å². The third-order valence-electron chi connectivity index (χ3n) is 9.23. The Labute approximate surface area is 382 Å². The van der Waals surface area contributed by atoms with Gasteiger partial charge in [-0.1, -0.05) is 35.4 Å². The van der Waals surface area contributed by atoms with Crippen LogP contribution in [0.1, 0.15) is 52.6 Å². The molecule has 0 spiro atoms. The van der Waals surface area contributed by atoms with Crippen molar-refractivity contribution in [3.8, 4) is 0 Å². The van der Waals surface area contributed by atoms with Gasteiger partial charge in [-0.05, 0) is 123 Å². The zero-order chi connectivity index (χ0) is 48.0. The number of carbonyl (C=O) groups excluding carboxylic acids is 4. The molecule has 0 radical (unpaired) electrons. The fourth-order valence-corrected chi connectivity index (χ4v) is 6.67. The molecule has 0 aliphatic carbocycles. The molecule has 66 heavy (non-hydrogen) atoms. The summed E-state index contributed by atoms with van der Waals surface area (Å²) in [6, 6.07) is 38.2. The van der Waals surface area contributed by atoms with Crippen LogP contribution in [0.3, 0.4) is 0 Å². The van der Waals surface area contributed by atoms with E-state index in [1.807, 2.05) is 61.6 Å². The van der Waals surface area contributed by atoms with Crippen molar-refractivity contribution in [2.24, 2.45) is 14.1 Å². The van der Waals surface area contributed by atoms with E-state index in [1.165, 1.54) is 24.3 Å². The van der Waals surface area contributed by atoms with E-state index in [-0.39, 0.29) is 33.4 Å². The van der Waals surface area contributed by atoms with Crippen LogP contribution in [0.15, 0.2) is 180 Å². The van der Waals surface area contributed by atoms with Crippen LogP contribution in [0.4, 0.5) is 22.7 Å². The molecule has 0 bridgehead atoms. The highest BCUT2D eigenvalue weighted by molar-refractivity contribution is 7.86. The van der Waals surface area contributed by atoms with Gasteiger partial charge in [0.15, 0.2) is 24.8 Å². The first-order valence-corrected chi connectivity index (χ1v) is 22.6. The van der Waals surface area contributed by atoms with Gasteiger partial charge in [0, 0.05) is 45.8 Å².